The van der Waals surface area contributed by atoms with Crippen molar-refractivity contribution in [1.82, 2.24) is 4.98 Å². The van der Waals surface area contributed by atoms with Crippen LogP contribution in [0.4, 0.5) is 11.5 Å². The Bertz CT molecular complexity index is 490. The molecule has 5 heteroatoms. The molecule has 0 aliphatic heterocycles. The lowest BCUT2D eigenvalue weighted by molar-refractivity contribution is 0.0527. The average Bonchev–Trinajstić information content (AvgIpc) is 2.46. The Morgan fingerprint density at radius 2 is 2.33 bits per heavy atom. The van der Waals surface area contributed by atoms with Crippen molar-refractivity contribution in [3.05, 3.63) is 17.8 Å². The van der Waals surface area contributed by atoms with Crippen LogP contribution in [0.1, 0.15) is 49.9 Å². The van der Waals surface area contributed by atoms with E-state index in [0.29, 0.717) is 29.6 Å². The van der Waals surface area contributed by atoms with E-state index < -0.39 is 5.97 Å². The molecule has 21 heavy (non-hydrogen) atoms. The van der Waals surface area contributed by atoms with Crippen molar-refractivity contribution >= 4 is 17.5 Å². The number of rotatable bonds is 5. The van der Waals surface area contributed by atoms with Crippen LogP contribution in [0.3, 0.4) is 0 Å². The number of nitrogens with one attached hydrogen (secondary N) is 1. The lowest BCUT2D eigenvalue weighted by Gasteiger charge is -2.27. The number of carbonyl (C=O) groups excluding carboxylic acids is 1. The van der Waals surface area contributed by atoms with Gasteiger partial charge in [-0.05, 0) is 37.7 Å². The topological polar surface area (TPSA) is 77.2 Å². The van der Waals surface area contributed by atoms with Crippen LogP contribution in [-0.4, -0.2) is 24.1 Å². The fourth-order valence-electron chi connectivity index (χ4n) is 2.94. The first-order valence-corrected chi connectivity index (χ1v) is 7.76. The van der Waals surface area contributed by atoms with E-state index in [4.69, 9.17) is 10.5 Å². The molecule has 1 heterocycles. The number of esters is 1. The average molecular weight is 291 g/mol. The van der Waals surface area contributed by atoms with Crippen LogP contribution in [0, 0.1) is 11.8 Å². The van der Waals surface area contributed by atoms with Crippen molar-refractivity contribution in [1.29, 1.82) is 0 Å². The van der Waals surface area contributed by atoms with Crippen molar-refractivity contribution in [2.75, 3.05) is 24.2 Å². The molecule has 0 saturated heterocycles. The van der Waals surface area contributed by atoms with E-state index in [0.717, 1.165) is 12.5 Å². The first-order valence-electron chi connectivity index (χ1n) is 7.76. The van der Waals surface area contributed by atoms with Gasteiger partial charge in [0.2, 0.25) is 0 Å². The van der Waals surface area contributed by atoms with Gasteiger partial charge in [0.05, 0.1) is 24.1 Å². The molecule has 1 aromatic heterocycles. The van der Waals surface area contributed by atoms with E-state index in [1.807, 2.05) is 0 Å². The van der Waals surface area contributed by atoms with E-state index in [9.17, 15) is 4.79 Å². The number of carbonyl (C=O) groups is 1. The zero-order valence-corrected chi connectivity index (χ0v) is 12.9. The zero-order valence-electron chi connectivity index (χ0n) is 12.9. The van der Waals surface area contributed by atoms with Gasteiger partial charge in [-0.15, -0.1) is 0 Å². The van der Waals surface area contributed by atoms with Gasteiger partial charge >= 0.3 is 5.97 Å². The number of anilines is 2. The highest BCUT2D eigenvalue weighted by Crippen LogP contribution is 2.28. The van der Waals surface area contributed by atoms with Gasteiger partial charge in [-0.25, -0.2) is 9.78 Å². The normalized spacial score (nSPS) is 21.8. The van der Waals surface area contributed by atoms with E-state index in [1.54, 1.807) is 13.0 Å². The molecule has 1 aliphatic rings. The van der Waals surface area contributed by atoms with Crippen LogP contribution >= 0.6 is 0 Å². The molecule has 0 spiro atoms. The van der Waals surface area contributed by atoms with Gasteiger partial charge in [0.25, 0.3) is 0 Å². The minimum Gasteiger partial charge on any atom is -0.462 e. The summed E-state index contributed by atoms with van der Waals surface area (Å²) in [6.45, 7) is 5.32. The predicted octanol–water partition coefficient (Wildman–Crippen LogP) is 3.08. The van der Waals surface area contributed by atoms with E-state index in [2.05, 4.69) is 17.2 Å². The Labute approximate surface area is 126 Å². The maximum absolute atomic E-state index is 11.8. The first kappa shape index (κ1) is 15.6. The van der Waals surface area contributed by atoms with Crippen molar-refractivity contribution in [3.8, 4) is 0 Å². The summed E-state index contributed by atoms with van der Waals surface area (Å²) in [6, 6.07) is 1.68. The third-order valence-corrected chi connectivity index (χ3v) is 4.05. The molecule has 2 rings (SSSR count). The Hall–Kier alpha value is -1.78. The fourth-order valence-corrected chi connectivity index (χ4v) is 2.94. The number of hydrogen-bond acceptors (Lipinski definition) is 5. The molecule has 0 bridgehead atoms. The Morgan fingerprint density at radius 3 is 3.05 bits per heavy atom. The number of nitrogen functional groups attached to an aromatic ring is 1. The number of hydrogen-bond donors (Lipinski definition) is 2. The molecular formula is C16H25N3O2. The number of nitrogens with zero attached hydrogens (tertiary/aromatic N) is 1. The smallest absolute Gasteiger partial charge is 0.340 e. The van der Waals surface area contributed by atoms with Crippen molar-refractivity contribution in [2.45, 2.75) is 39.5 Å². The second kappa shape index (κ2) is 7.29. The second-order valence-electron chi connectivity index (χ2n) is 5.90. The SMILES string of the molecule is CCOC(=O)c1cc(NCC2CCCC(C)C2)ncc1N. The molecule has 2 atom stereocenters. The van der Waals surface area contributed by atoms with Crippen LogP contribution in [-0.2, 0) is 4.74 Å². The summed E-state index contributed by atoms with van der Waals surface area (Å²) in [7, 11) is 0. The summed E-state index contributed by atoms with van der Waals surface area (Å²) >= 11 is 0. The third-order valence-electron chi connectivity index (χ3n) is 4.05. The summed E-state index contributed by atoms with van der Waals surface area (Å²) in [4.78, 5) is 16.0. The quantitative estimate of drug-likeness (QED) is 0.815. The number of pyridine rings is 1. The maximum atomic E-state index is 11.8. The van der Waals surface area contributed by atoms with E-state index >= 15 is 0 Å². The molecule has 1 aliphatic carbocycles. The van der Waals surface area contributed by atoms with E-state index in [-0.39, 0.29) is 0 Å². The minimum atomic E-state index is -0.397. The molecule has 1 saturated carbocycles. The summed E-state index contributed by atoms with van der Waals surface area (Å²) < 4.78 is 5.00. The third kappa shape index (κ3) is 4.34. The molecule has 2 unspecified atom stereocenters. The number of ether oxygens (including phenoxy) is 1. The van der Waals surface area contributed by atoms with Crippen LogP contribution in [0.2, 0.25) is 0 Å². The largest absolute Gasteiger partial charge is 0.462 e. The first-order chi connectivity index (χ1) is 10.1. The van der Waals surface area contributed by atoms with Crippen LogP contribution < -0.4 is 11.1 Å². The second-order valence-corrected chi connectivity index (χ2v) is 5.90. The standard InChI is InChI=1S/C16H25N3O2/c1-3-21-16(20)13-8-15(19-10-14(13)17)18-9-12-6-4-5-11(2)7-12/h8,10-12H,3-7,9,17H2,1-2H3,(H,18,19). The highest BCUT2D eigenvalue weighted by atomic mass is 16.5. The van der Waals surface area contributed by atoms with Gasteiger partial charge in [0.1, 0.15) is 5.82 Å². The maximum Gasteiger partial charge on any atom is 0.340 e. The Balaban J connectivity index is 1.97. The van der Waals surface area contributed by atoms with Gasteiger partial charge in [-0.2, -0.15) is 0 Å². The van der Waals surface area contributed by atoms with Crippen molar-refractivity contribution in [3.63, 3.8) is 0 Å². The monoisotopic (exact) mass is 291 g/mol. The Morgan fingerprint density at radius 1 is 1.52 bits per heavy atom. The highest BCUT2D eigenvalue weighted by Gasteiger charge is 2.19. The molecule has 5 nitrogen and oxygen atoms in total. The van der Waals surface area contributed by atoms with Crippen LogP contribution in [0.15, 0.2) is 12.3 Å². The van der Waals surface area contributed by atoms with Gasteiger partial charge in [0.15, 0.2) is 0 Å². The molecule has 0 radical (unpaired) electrons. The van der Waals surface area contributed by atoms with Crippen molar-refractivity contribution in [2.24, 2.45) is 11.8 Å². The van der Waals surface area contributed by atoms with Crippen LogP contribution in [0.5, 0.6) is 0 Å². The molecule has 0 aromatic carbocycles. The Kier molecular flexibility index (Phi) is 5.42. The molecule has 1 fully saturated rings. The summed E-state index contributed by atoms with van der Waals surface area (Å²) in [5.74, 6) is 1.77. The molecule has 0 amide bonds. The molecular weight excluding hydrogens is 266 g/mol. The summed E-state index contributed by atoms with van der Waals surface area (Å²) in [5, 5.41) is 3.33. The highest BCUT2D eigenvalue weighted by molar-refractivity contribution is 5.95. The molecule has 1 aromatic rings. The van der Waals surface area contributed by atoms with E-state index in [1.165, 1.54) is 31.9 Å². The summed E-state index contributed by atoms with van der Waals surface area (Å²) in [6.07, 6.45) is 6.67. The minimum absolute atomic E-state index is 0.337. The van der Waals surface area contributed by atoms with Gasteiger partial charge in [-0.1, -0.05) is 19.8 Å². The molecule has 116 valence electrons. The summed E-state index contributed by atoms with van der Waals surface area (Å²) in [5.41, 5.74) is 6.52. The van der Waals surface area contributed by atoms with Gasteiger partial charge in [0, 0.05) is 6.54 Å². The molecule has 3 N–H and O–H groups in total. The van der Waals surface area contributed by atoms with Crippen LogP contribution in [0.25, 0.3) is 0 Å². The van der Waals surface area contributed by atoms with Gasteiger partial charge in [-0.3, -0.25) is 0 Å². The predicted molar refractivity (Wildman–Crippen MR) is 84.2 cm³/mol. The van der Waals surface area contributed by atoms with Gasteiger partial charge < -0.3 is 15.8 Å². The number of aromatic nitrogens is 1. The van der Waals surface area contributed by atoms with Crippen molar-refractivity contribution < 1.29 is 9.53 Å². The fraction of sp³-hybridized carbons (Fsp3) is 0.625. The lowest BCUT2D eigenvalue weighted by atomic mass is 9.82. The lowest BCUT2D eigenvalue weighted by Crippen LogP contribution is -2.21. The number of nitrogens with two attached hydrogens (primary N) is 1. The zero-order chi connectivity index (χ0) is 15.2.